The number of hydrogen-bond acceptors (Lipinski definition) is 4. The molecule has 0 saturated carbocycles. The molecule has 1 aromatic heterocycles. The van der Waals surface area contributed by atoms with Crippen molar-refractivity contribution in [3.8, 4) is 0 Å². The molecule has 1 amide bonds. The van der Waals surface area contributed by atoms with Gasteiger partial charge in [-0.3, -0.25) is 14.2 Å². The number of carbonyl (C=O) groups is 1. The highest BCUT2D eigenvalue weighted by Crippen LogP contribution is 2.24. The van der Waals surface area contributed by atoms with Crippen molar-refractivity contribution in [1.29, 1.82) is 0 Å². The molecule has 0 radical (unpaired) electrons. The van der Waals surface area contributed by atoms with Crippen molar-refractivity contribution >= 4 is 50.2 Å². The lowest BCUT2D eigenvalue weighted by Gasteiger charge is -2.10. The van der Waals surface area contributed by atoms with E-state index >= 15 is 0 Å². The van der Waals surface area contributed by atoms with E-state index in [-0.39, 0.29) is 17.2 Å². The van der Waals surface area contributed by atoms with Gasteiger partial charge in [0.25, 0.3) is 5.56 Å². The molecule has 0 fully saturated rings. The molecule has 128 valence electrons. The van der Waals surface area contributed by atoms with Crippen LogP contribution >= 0.6 is 27.7 Å². The molecule has 3 aromatic rings. The molecule has 0 unspecified atom stereocenters. The van der Waals surface area contributed by atoms with Crippen LogP contribution < -0.4 is 10.9 Å². The Bertz CT molecular complexity index is 1020. The molecular formula is C18H16BrN3O2S. The van der Waals surface area contributed by atoms with Crippen LogP contribution in [0.4, 0.5) is 5.69 Å². The van der Waals surface area contributed by atoms with E-state index in [1.807, 2.05) is 37.3 Å². The molecule has 25 heavy (non-hydrogen) atoms. The number of aryl methyl sites for hydroxylation is 1. The van der Waals surface area contributed by atoms with E-state index in [1.165, 1.54) is 16.3 Å². The molecule has 0 aliphatic carbocycles. The minimum absolute atomic E-state index is 0.116. The SMILES string of the molecule is Cc1ccc(NC(=O)CSc2nc3ccccc3c(=O)n2C)c(Br)c1. The van der Waals surface area contributed by atoms with Crippen molar-refractivity contribution in [3.05, 3.63) is 62.9 Å². The number of nitrogens with zero attached hydrogens (tertiary/aromatic N) is 2. The summed E-state index contributed by atoms with van der Waals surface area (Å²) in [5.74, 6) is 0.0100. The first-order valence-corrected chi connectivity index (χ1v) is 9.38. The third kappa shape index (κ3) is 3.93. The highest BCUT2D eigenvalue weighted by atomic mass is 79.9. The summed E-state index contributed by atoms with van der Waals surface area (Å²) in [6.45, 7) is 1.98. The Labute approximate surface area is 157 Å². The van der Waals surface area contributed by atoms with Gasteiger partial charge in [-0.1, -0.05) is 30.0 Å². The molecular weight excluding hydrogens is 402 g/mol. The predicted octanol–water partition coefficient (Wildman–Crippen LogP) is 3.74. The first-order valence-electron chi connectivity index (χ1n) is 7.60. The number of halogens is 1. The van der Waals surface area contributed by atoms with Crippen LogP contribution in [0.15, 0.2) is 56.9 Å². The minimum Gasteiger partial charge on any atom is -0.324 e. The van der Waals surface area contributed by atoms with Crippen LogP contribution in [-0.2, 0) is 11.8 Å². The molecule has 7 heteroatoms. The van der Waals surface area contributed by atoms with Crippen LogP contribution in [0.2, 0.25) is 0 Å². The molecule has 1 heterocycles. The topological polar surface area (TPSA) is 64.0 Å². The fourth-order valence-corrected chi connectivity index (χ4v) is 3.73. The molecule has 1 N–H and O–H groups in total. The number of hydrogen-bond donors (Lipinski definition) is 1. The molecule has 0 bridgehead atoms. The Morgan fingerprint density at radius 1 is 1.28 bits per heavy atom. The van der Waals surface area contributed by atoms with Crippen LogP contribution in [0.5, 0.6) is 0 Å². The number of benzene rings is 2. The van der Waals surface area contributed by atoms with Crippen LogP contribution in [0.1, 0.15) is 5.56 Å². The lowest BCUT2D eigenvalue weighted by atomic mass is 10.2. The van der Waals surface area contributed by atoms with Gasteiger partial charge in [0.2, 0.25) is 5.91 Å². The maximum Gasteiger partial charge on any atom is 0.261 e. The fraction of sp³-hybridized carbons (Fsp3) is 0.167. The van der Waals surface area contributed by atoms with Gasteiger partial charge in [0.15, 0.2) is 5.16 Å². The lowest BCUT2D eigenvalue weighted by molar-refractivity contribution is -0.113. The Hall–Kier alpha value is -2.12. The molecule has 0 aliphatic rings. The second-order valence-electron chi connectivity index (χ2n) is 5.60. The quantitative estimate of drug-likeness (QED) is 0.518. The smallest absolute Gasteiger partial charge is 0.261 e. The average Bonchev–Trinajstić information content (AvgIpc) is 2.59. The summed E-state index contributed by atoms with van der Waals surface area (Å²) in [6.07, 6.45) is 0. The van der Waals surface area contributed by atoms with Crippen molar-refractivity contribution in [2.45, 2.75) is 12.1 Å². The summed E-state index contributed by atoms with van der Waals surface area (Å²) in [5.41, 5.74) is 2.34. The van der Waals surface area contributed by atoms with Gasteiger partial charge in [-0.15, -0.1) is 0 Å². The first-order chi connectivity index (χ1) is 12.0. The summed E-state index contributed by atoms with van der Waals surface area (Å²) in [6, 6.07) is 12.9. The van der Waals surface area contributed by atoms with Crippen molar-refractivity contribution in [2.24, 2.45) is 7.05 Å². The molecule has 3 rings (SSSR count). The van der Waals surface area contributed by atoms with E-state index in [4.69, 9.17) is 0 Å². The van der Waals surface area contributed by atoms with Gasteiger partial charge in [-0.2, -0.15) is 0 Å². The number of anilines is 1. The van der Waals surface area contributed by atoms with Crippen LogP contribution in [-0.4, -0.2) is 21.2 Å². The van der Waals surface area contributed by atoms with Crippen LogP contribution in [0.25, 0.3) is 10.9 Å². The molecule has 2 aromatic carbocycles. The van der Waals surface area contributed by atoms with Gasteiger partial charge in [0.05, 0.1) is 22.3 Å². The molecule has 5 nitrogen and oxygen atoms in total. The molecule has 0 spiro atoms. The number of thioether (sulfide) groups is 1. The summed E-state index contributed by atoms with van der Waals surface area (Å²) >= 11 is 4.68. The maximum atomic E-state index is 12.4. The Morgan fingerprint density at radius 2 is 2.04 bits per heavy atom. The number of carbonyl (C=O) groups excluding carboxylic acids is 1. The Balaban J connectivity index is 1.75. The Morgan fingerprint density at radius 3 is 2.80 bits per heavy atom. The maximum absolute atomic E-state index is 12.4. The summed E-state index contributed by atoms with van der Waals surface area (Å²) in [7, 11) is 1.67. The van der Waals surface area contributed by atoms with Gasteiger partial charge in [-0.25, -0.2) is 4.98 Å². The zero-order valence-electron chi connectivity index (χ0n) is 13.7. The number of rotatable bonds is 4. The number of nitrogens with one attached hydrogen (secondary N) is 1. The number of para-hydroxylation sites is 1. The van der Waals surface area contributed by atoms with Gasteiger partial charge in [-0.05, 0) is 52.7 Å². The zero-order chi connectivity index (χ0) is 18.0. The third-order valence-electron chi connectivity index (χ3n) is 3.67. The van der Waals surface area contributed by atoms with E-state index < -0.39 is 0 Å². The van der Waals surface area contributed by atoms with Crippen molar-refractivity contribution in [1.82, 2.24) is 9.55 Å². The average molecular weight is 418 g/mol. The molecule has 0 saturated heterocycles. The van der Waals surface area contributed by atoms with Crippen molar-refractivity contribution in [2.75, 3.05) is 11.1 Å². The highest BCUT2D eigenvalue weighted by Gasteiger charge is 2.11. The van der Waals surface area contributed by atoms with E-state index in [9.17, 15) is 9.59 Å². The molecule has 0 aliphatic heterocycles. The Kier molecular flexibility index (Phi) is 5.24. The second-order valence-corrected chi connectivity index (χ2v) is 7.39. The number of amides is 1. The summed E-state index contributed by atoms with van der Waals surface area (Å²) < 4.78 is 2.31. The number of aromatic nitrogens is 2. The van der Waals surface area contributed by atoms with Crippen LogP contribution in [0, 0.1) is 6.92 Å². The van der Waals surface area contributed by atoms with Gasteiger partial charge in [0.1, 0.15) is 0 Å². The van der Waals surface area contributed by atoms with E-state index in [2.05, 4.69) is 26.2 Å². The fourth-order valence-electron chi connectivity index (χ4n) is 2.36. The third-order valence-corrected chi connectivity index (χ3v) is 5.36. The minimum atomic E-state index is -0.156. The van der Waals surface area contributed by atoms with Gasteiger partial charge in [0, 0.05) is 11.5 Å². The predicted molar refractivity (Wildman–Crippen MR) is 105 cm³/mol. The highest BCUT2D eigenvalue weighted by molar-refractivity contribution is 9.10. The van der Waals surface area contributed by atoms with E-state index in [1.54, 1.807) is 19.2 Å². The van der Waals surface area contributed by atoms with Crippen molar-refractivity contribution in [3.63, 3.8) is 0 Å². The second kappa shape index (κ2) is 7.41. The standard InChI is InChI=1S/C18H16BrN3O2S/c1-11-7-8-15(13(19)9-11)20-16(23)10-25-18-21-14-6-4-3-5-12(14)17(24)22(18)2/h3-9H,10H2,1-2H3,(H,20,23). The zero-order valence-corrected chi connectivity index (χ0v) is 16.1. The van der Waals surface area contributed by atoms with Gasteiger partial charge >= 0.3 is 0 Å². The monoisotopic (exact) mass is 417 g/mol. The van der Waals surface area contributed by atoms with E-state index in [0.29, 0.717) is 16.1 Å². The normalized spacial score (nSPS) is 10.8. The number of fused-ring (bicyclic) bond motifs is 1. The summed E-state index contributed by atoms with van der Waals surface area (Å²) in [4.78, 5) is 29.1. The van der Waals surface area contributed by atoms with Crippen molar-refractivity contribution < 1.29 is 4.79 Å². The first kappa shape index (κ1) is 17.7. The van der Waals surface area contributed by atoms with E-state index in [0.717, 1.165) is 15.7 Å². The van der Waals surface area contributed by atoms with Crippen LogP contribution in [0.3, 0.4) is 0 Å². The molecule has 0 atom stereocenters. The summed E-state index contributed by atoms with van der Waals surface area (Å²) in [5, 5.41) is 3.94. The largest absolute Gasteiger partial charge is 0.324 e. The lowest BCUT2D eigenvalue weighted by Crippen LogP contribution is -2.21. The van der Waals surface area contributed by atoms with Gasteiger partial charge < -0.3 is 5.32 Å².